The average molecular weight is 375 g/mol. The number of benzene rings is 1. The Morgan fingerprint density at radius 2 is 2.19 bits per heavy atom. The fraction of sp³-hybridized carbons (Fsp3) is 0.333. The lowest BCUT2D eigenvalue weighted by Gasteiger charge is -2.16. The quantitative estimate of drug-likeness (QED) is 0.831. The fourth-order valence-electron chi connectivity index (χ4n) is 2.84. The molecule has 0 spiro atoms. The third-order valence-corrected chi connectivity index (χ3v) is 4.31. The first-order chi connectivity index (χ1) is 12.4. The van der Waals surface area contributed by atoms with Crippen LogP contribution in [0.1, 0.15) is 19.4 Å². The first-order valence-electron chi connectivity index (χ1n) is 8.24. The average Bonchev–Trinajstić information content (AvgIpc) is 3.03. The Labute approximate surface area is 156 Å². The van der Waals surface area contributed by atoms with E-state index in [-0.39, 0.29) is 17.9 Å². The van der Waals surface area contributed by atoms with Gasteiger partial charge in [-0.25, -0.2) is 0 Å². The lowest BCUT2D eigenvalue weighted by atomic mass is 10.0. The van der Waals surface area contributed by atoms with Crippen LogP contribution >= 0.6 is 11.6 Å². The Balaban J connectivity index is 1.65. The van der Waals surface area contributed by atoms with Crippen LogP contribution in [-0.4, -0.2) is 40.5 Å². The van der Waals surface area contributed by atoms with Crippen molar-refractivity contribution in [3.05, 3.63) is 41.3 Å². The first kappa shape index (κ1) is 18.1. The highest BCUT2D eigenvalue weighted by Gasteiger charge is 2.27. The van der Waals surface area contributed by atoms with Gasteiger partial charge in [-0.15, -0.1) is 0 Å². The molecule has 1 aliphatic heterocycles. The van der Waals surface area contributed by atoms with Crippen LogP contribution in [0.5, 0.6) is 5.75 Å². The molecule has 0 aliphatic carbocycles. The second kappa shape index (κ2) is 7.70. The maximum absolute atomic E-state index is 12.0. The Morgan fingerprint density at radius 3 is 2.88 bits per heavy atom. The van der Waals surface area contributed by atoms with Gasteiger partial charge in [0.2, 0.25) is 11.8 Å². The van der Waals surface area contributed by atoms with E-state index in [1.54, 1.807) is 31.6 Å². The maximum atomic E-state index is 12.0. The summed E-state index contributed by atoms with van der Waals surface area (Å²) in [5.74, 6) is 0.125. The molecule has 1 unspecified atom stereocenters. The predicted molar refractivity (Wildman–Crippen MR) is 96.9 cm³/mol. The maximum Gasteiger partial charge on any atom is 0.242 e. The molecule has 0 saturated carbocycles. The topological polar surface area (TPSA) is 93.2 Å². The minimum Gasteiger partial charge on any atom is -0.486 e. The van der Waals surface area contributed by atoms with Crippen molar-refractivity contribution in [2.24, 2.45) is 0 Å². The summed E-state index contributed by atoms with van der Waals surface area (Å²) in [6.45, 7) is 3.33. The van der Waals surface area contributed by atoms with E-state index in [2.05, 4.69) is 20.6 Å². The summed E-state index contributed by atoms with van der Waals surface area (Å²) in [7, 11) is 0. The Kier molecular flexibility index (Phi) is 5.37. The van der Waals surface area contributed by atoms with Gasteiger partial charge in [-0.1, -0.05) is 11.6 Å². The molecule has 0 saturated heterocycles. The van der Waals surface area contributed by atoms with Gasteiger partial charge in [0.15, 0.2) is 0 Å². The molecule has 1 aliphatic rings. The number of aromatic nitrogens is 2. The molecule has 2 aromatic rings. The van der Waals surface area contributed by atoms with Gasteiger partial charge >= 0.3 is 0 Å². The molecule has 0 bridgehead atoms. The van der Waals surface area contributed by atoms with E-state index in [4.69, 9.17) is 16.3 Å². The van der Waals surface area contributed by atoms with Crippen LogP contribution in [-0.2, 0) is 16.0 Å². The molecule has 3 rings (SSSR count). The van der Waals surface area contributed by atoms with E-state index < -0.39 is 6.04 Å². The van der Waals surface area contributed by atoms with Gasteiger partial charge in [-0.2, -0.15) is 0 Å². The number of hydrogen-bond donors (Lipinski definition) is 2. The summed E-state index contributed by atoms with van der Waals surface area (Å²) in [5, 5.41) is 5.83. The van der Waals surface area contributed by atoms with Gasteiger partial charge in [0.1, 0.15) is 17.9 Å². The number of hydrogen-bond acceptors (Lipinski definition) is 5. The van der Waals surface area contributed by atoms with Crippen LogP contribution in [0, 0.1) is 0 Å². The fourth-order valence-corrected chi connectivity index (χ4v) is 3.12. The van der Waals surface area contributed by atoms with E-state index in [0.29, 0.717) is 23.7 Å². The molecule has 8 heteroatoms. The number of amides is 2. The Morgan fingerprint density at radius 1 is 1.38 bits per heavy atom. The second-order valence-corrected chi connectivity index (χ2v) is 6.56. The van der Waals surface area contributed by atoms with Crippen molar-refractivity contribution in [1.82, 2.24) is 20.6 Å². The number of nitrogens with one attached hydrogen (secondary N) is 2. The van der Waals surface area contributed by atoms with Crippen molar-refractivity contribution < 1.29 is 14.3 Å². The van der Waals surface area contributed by atoms with E-state index in [9.17, 15) is 9.59 Å². The molecule has 2 N–H and O–H groups in total. The van der Waals surface area contributed by atoms with E-state index in [1.165, 1.54) is 6.92 Å². The molecule has 1 aromatic carbocycles. The van der Waals surface area contributed by atoms with Crippen LogP contribution in [0.3, 0.4) is 0 Å². The van der Waals surface area contributed by atoms with Crippen molar-refractivity contribution in [3.8, 4) is 17.0 Å². The van der Waals surface area contributed by atoms with Gasteiger partial charge in [-0.3, -0.25) is 19.6 Å². The SMILES string of the molecule is CC(=O)N[C@@H](C)C(=O)NCC1Cc2cc(-c3cnccn3)cc(Cl)c2O1. The lowest BCUT2D eigenvalue weighted by molar-refractivity contribution is -0.127. The Hall–Kier alpha value is -2.67. The number of nitrogens with zero attached hydrogens (tertiary/aromatic N) is 2. The van der Waals surface area contributed by atoms with Crippen LogP contribution in [0.4, 0.5) is 0 Å². The van der Waals surface area contributed by atoms with E-state index in [1.807, 2.05) is 6.07 Å². The van der Waals surface area contributed by atoms with Gasteiger partial charge in [0.05, 0.1) is 23.5 Å². The second-order valence-electron chi connectivity index (χ2n) is 6.15. The van der Waals surface area contributed by atoms with Crippen molar-refractivity contribution in [2.75, 3.05) is 6.54 Å². The van der Waals surface area contributed by atoms with Gasteiger partial charge in [-0.05, 0) is 19.1 Å². The van der Waals surface area contributed by atoms with Crippen molar-refractivity contribution in [2.45, 2.75) is 32.4 Å². The van der Waals surface area contributed by atoms with Crippen molar-refractivity contribution >= 4 is 23.4 Å². The number of rotatable bonds is 5. The number of carbonyl (C=O) groups is 2. The zero-order valence-corrected chi connectivity index (χ0v) is 15.2. The molecule has 7 nitrogen and oxygen atoms in total. The largest absolute Gasteiger partial charge is 0.486 e. The zero-order valence-electron chi connectivity index (χ0n) is 14.5. The highest BCUT2D eigenvalue weighted by Crippen LogP contribution is 2.39. The summed E-state index contributed by atoms with van der Waals surface area (Å²) in [5.41, 5.74) is 2.57. The van der Waals surface area contributed by atoms with Crippen LogP contribution in [0.2, 0.25) is 5.02 Å². The molecule has 2 heterocycles. The van der Waals surface area contributed by atoms with E-state index >= 15 is 0 Å². The lowest BCUT2D eigenvalue weighted by Crippen LogP contribution is -2.46. The molecule has 2 atom stereocenters. The molecule has 0 fully saturated rings. The van der Waals surface area contributed by atoms with Crippen LogP contribution < -0.4 is 15.4 Å². The highest BCUT2D eigenvalue weighted by atomic mass is 35.5. The summed E-state index contributed by atoms with van der Waals surface area (Å²) in [6.07, 6.45) is 5.32. The normalized spacial score (nSPS) is 16.3. The molecule has 2 amide bonds. The van der Waals surface area contributed by atoms with Crippen LogP contribution in [0.25, 0.3) is 11.3 Å². The molecule has 1 aromatic heterocycles. The Bertz CT molecular complexity index is 829. The van der Waals surface area contributed by atoms with Crippen LogP contribution in [0.15, 0.2) is 30.7 Å². The summed E-state index contributed by atoms with van der Waals surface area (Å²) >= 11 is 6.35. The van der Waals surface area contributed by atoms with E-state index in [0.717, 1.165) is 16.8 Å². The monoisotopic (exact) mass is 374 g/mol. The molecule has 26 heavy (non-hydrogen) atoms. The highest BCUT2D eigenvalue weighted by molar-refractivity contribution is 6.32. The summed E-state index contributed by atoms with van der Waals surface area (Å²) in [4.78, 5) is 31.4. The standard InChI is InChI=1S/C18H19ClN4O3/c1-10(23-11(2)24)18(25)22-8-14-6-13-5-12(7-15(19)17(13)26-14)16-9-20-3-4-21-16/h3-5,7,9-10,14H,6,8H2,1-2H3,(H,22,25)(H,23,24)/t10-,14?/m0/s1. The van der Waals surface area contributed by atoms with Crippen molar-refractivity contribution in [1.29, 1.82) is 0 Å². The molecule has 136 valence electrons. The molecule has 0 radical (unpaired) electrons. The number of halogens is 1. The smallest absolute Gasteiger partial charge is 0.242 e. The zero-order chi connectivity index (χ0) is 18.7. The molecular weight excluding hydrogens is 356 g/mol. The number of carbonyl (C=O) groups excluding carboxylic acids is 2. The first-order valence-corrected chi connectivity index (χ1v) is 8.62. The minimum atomic E-state index is -0.594. The summed E-state index contributed by atoms with van der Waals surface area (Å²) < 4.78 is 5.87. The predicted octanol–water partition coefficient (Wildman–Crippen LogP) is 1.74. The third-order valence-electron chi connectivity index (χ3n) is 4.03. The minimum absolute atomic E-state index is 0.215. The number of ether oxygens (including phenoxy) is 1. The van der Waals surface area contributed by atoms with Gasteiger partial charge in [0, 0.05) is 36.9 Å². The number of fused-ring (bicyclic) bond motifs is 1. The molecular formula is C18H19ClN4O3. The summed E-state index contributed by atoms with van der Waals surface area (Å²) in [6, 6.07) is 3.18. The van der Waals surface area contributed by atoms with Crippen molar-refractivity contribution in [3.63, 3.8) is 0 Å². The third kappa shape index (κ3) is 4.11. The van der Waals surface area contributed by atoms with Gasteiger partial charge in [0.25, 0.3) is 0 Å². The van der Waals surface area contributed by atoms with Gasteiger partial charge < -0.3 is 15.4 Å².